The van der Waals surface area contributed by atoms with E-state index in [1.807, 2.05) is 30.3 Å². The summed E-state index contributed by atoms with van der Waals surface area (Å²) in [4.78, 5) is 25.1. The highest BCUT2D eigenvalue weighted by molar-refractivity contribution is 5.93. The summed E-state index contributed by atoms with van der Waals surface area (Å²) in [5.41, 5.74) is 1.18. The molecule has 1 saturated heterocycles. The van der Waals surface area contributed by atoms with Gasteiger partial charge < -0.3 is 14.5 Å². The van der Waals surface area contributed by atoms with Gasteiger partial charge >= 0.3 is 5.97 Å². The number of hydrogen-bond donors (Lipinski definition) is 1. The normalized spacial score (nSPS) is 17.7. The summed E-state index contributed by atoms with van der Waals surface area (Å²) in [6.07, 6.45) is 2.60. The molecule has 6 nitrogen and oxygen atoms in total. The molecule has 6 heteroatoms. The van der Waals surface area contributed by atoms with Crippen LogP contribution in [0.5, 0.6) is 0 Å². The van der Waals surface area contributed by atoms with Crippen LogP contribution in [0.25, 0.3) is 11.3 Å². The van der Waals surface area contributed by atoms with Crippen LogP contribution in [0, 0.1) is 5.92 Å². The molecular weight excluding hydrogens is 308 g/mol. The number of aliphatic carboxylic acids is 1. The molecule has 1 fully saturated rings. The molecule has 0 spiro atoms. The van der Waals surface area contributed by atoms with Crippen molar-refractivity contribution >= 4 is 11.9 Å². The van der Waals surface area contributed by atoms with Crippen LogP contribution in [0.3, 0.4) is 0 Å². The second-order valence-electron chi connectivity index (χ2n) is 6.13. The van der Waals surface area contributed by atoms with E-state index in [4.69, 9.17) is 9.63 Å². The van der Waals surface area contributed by atoms with Gasteiger partial charge in [-0.3, -0.25) is 9.59 Å². The summed E-state index contributed by atoms with van der Waals surface area (Å²) >= 11 is 0. The highest BCUT2D eigenvalue weighted by atomic mass is 16.5. The van der Waals surface area contributed by atoms with E-state index in [0.717, 1.165) is 18.4 Å². The Morgan fingerprint density at radius 1 is 1.29 bits per heavy atom. The van der Waals surface area contributed by atoms with Crippen molar-refractivity contribution in [2.75, 3.05) is 13.1 Å². The topological polar surface area (TPSA) is 83.6 Å². The maximum absolute atomic E-state index is 12.6. The van der Waals surface area contributed by atoms with Gasteiger partial charge in [-0.05, 0) is 25.2 Å². The molecule has 1 N–H and O–H groups in total. The van der Waals surface area contributed by atoms with Gasteiger partial charge in [0.2, 0.25) is 0 Å². The predicted octanol–water partition coefficient (Wildman–Crippen LogP) is 3.06. The summed E-state index contributed by atoms with van der Waals surface area (Å²) in [5.74, 6) is -0.138. The Bertz CT molecular complexity index is 711. The minimum Gasteiger partial charge on any atom is -0.481 e. The lowest BCUT2D eigenvalue weighted by Gasteiger charge is -2.32. The van der Waals surface area contributed by atoms with Crippen LogP contribution in [0.15, 0.2) is 40.9 Å². The molecule has 1 unspecified atom stereocenters. The van der Waals surface area contributed by atoms with Crippen molar-refractivity contribution < 1.29 is 19.2 Å². The van der Waals surface area contributed by atoms with Crippen LogP contribution in [-0.2, 0) is 4.79 Å². The molecule has 3 rings (SSSR count). The van der Waals surface area contributed by atoms with Crippen molar-refractivity contribution in [3.63, 3.8) is 0 Å². The van der Waals surface area contributed by atoms with E-state index >= 15 is 0 Å². The minimum absolute atomic E-state index is 0.148. The number of carbonyl (C=O) groups excluding carboxylic acids is 1. The van der Waals surface area contributed by atoms with Gasteiger partial charge in [0.05, 0.1) is 0 Å². The number of benzene rings is 1. The molecule has 0 aliphatic carbocycles. The molecule has 0 saturated carbocycles. The largest absolute Gasteiger partial charge is 0.481 e. The van der Waals surface area contributed by atoms with E-state index in [1.165, 1.54) is 0 Å². The first-order valence-corrected chi connectivity index (χ1v) is 8.16. The Hall–Kier alpha value is -2.63. The zero-order valence-corrected chi connectivity index (χ0v) is 13.4. The SMILES string of the molecule is O=C(O)CCC1CCCN(C(=O)c2cc(-c3ccccc3)on2)C1. The highest BCUT2D eigenvalue weighted by Gasteiger charge is 2.26. The van der Waals surface area contributed by atoms with Crippen molar-refractivity contribution in [1.82, 2.24) is 10.1 Å². The van der Waals surface area contributed by atoms with Crippen molar-refractivity contribution in [1.29, 1.82) is 0 Å². The maximum atomic E-state index is 12.6. The molecule has 0 bridgehead atoms. The Labute approximate surface area is 140 Å². The third-order valence-electron chi connectivity index (χ3n) is 4.36. The van der Waals surface area contributed by atoms with Crippen LogP contribution in [0.1, 0.15) is 36.2 Å². The summed E-state index contributed by atoms with van der Waals surface area (Å²) in [6.45, 7) is 1.26. The molecule has 1 aromatic heterocycles. The van der Waals surface area contributed by atoms with Crippen LogP contribution < -0.4 is 0 Å². The minimum atomic E-state index is -0.789. The lowest BCUT2D eigenvalue weighted by Crippen LogP contribution is -2.40. The second-order valence-corrected chi connectivity index (χ2v) is 6.13. The van der Waals surface area contributed by atoms with Gasteiger partial charge in [0.25, 0.3) is 5.91 Å². The molecule has 24 heavy (non-hydrogen) atoms. The summed E-state index contributed by atoms with van der Waals surface area (Å²) in [6, 6.07) is 11.2. The number of piperidine rings is 1. The number of amides is 1. The van der Waals surface area contributed by atoms with Crippen molar-refractivity contribution in [3.8, 4) is 11.3 Å². The van der Waals surface area contributed by atoms with E-state index in [-0.39, 0.29) is 18.2 Å². The van der Waals surface area contributed by atoms with E-state index in [0.29, 0.717) is 31.0 Å². The zero-order chi connectivity index (χ0) is 16.9. The van der Waals surface area contributed by atoms with Gasteiger partial charge in [-0.1, -0.05) is 35.5 Å². The monoisotopic (exact) mass is 328 g/mol. The van der Waals surface area contributed by atoms with Crippen molar-refractivity contribution in [2.24, 2.45) is 5.92 Å². The number of nitrogens with zero attached hydrogens (tertiary/aromatic N) is 2. The number of hydrogen-bond acceptors (Lipinski definition) is 4. The molecule has 0 radical (unpaired) electrons. The van der Waals surface area contributed by atoms with Crippen LogP contribution in [-0.4, -0.2) is 40.1 Å². The second kappa shape index (κ2) is 7.29. The number of rotatable bonds is 5. The van der Waals surface area contributed by atoms with Gasteiger partial charge in [0.1, 0.15) is 0 Å². The standard InChI is InChI=1S/C18H20N2O4/c21-17(22)9-8-13-5-4-10-20(12-13)18(23)15-11-16(24-19-15)14-6-2-1-3-7-14/h1-3,6-7,11,13H,4-5,8-10,12H2,(H,21,22). The third-order valence-corrected chi connectivity index (χ3v) is 4.36. The molecule has 1 amide bonds. The Morgan fingerprint density at radius 2 is 2.08 bits per heavy atom. The van der Waals surface area contributed by atoms with Gasteiger partial charge in [0.15, 0.2) is 11.5 Å². The summed E-state index contributed by atoms with van der Waals surface area (Å²) < 4.78 is 5.29. The van der Waals surface area contributed by atoms with E-state index < -0.39 is 5.97 Å². The van der Waals surface area contributed by atoms with Crippen LogP contribution >= 0.6 is 0 Å². The molecular formula is C18H20N2O4. The first-order chi connectivity index (χ1) is 11.6. The smallest absolute Gasteiger partial charge is 0.303 e. The fourth-order valence-corrected chi connectivity index (χ4v) is 3.09. The first-order valence-electron chi connectivity index (χ1n) is 8.16. The number of carbonyl (C=O) groups is 2. The highest BCUT2D eigenvalue weighted by Crippen LogP contribution is 2.24. The average Bonchev–Trinajstić information content (AvgIpc) is 3.10. The number of aromatic nitrogens is 1. The molecule has 1 aromatic carbocycles. The number of likely N-dealkylation sites (tertiary alicyclic amines) is 1. The van der Waals surface area contributed by atoms with Gasteiger partial charge in [-0.2, -0.15) is 0 Å². The quantitative estimate of drug-likeness (QED) is 0.912. The van der Waals surface area contributed by atoms with Gasteiger partial charge in [0, 0.05) is 31.1 Å². The molecule has 2 aromatic rings. The van der Waals surface area contributed by atoms with Crippen LogP contribution in [0.2, 0.25) is 0 Å². The maximum Gasteiger partial charge on any atom is 0.303 e. The Kier molecular flexibility index (Phi) is 4.93. The fraction of sp³-hybridized carbons (Fsp3) is 0.389. The fourth-order valence-electron chi connectivity index (χ4n) is 3.09. The molecule has 1 aliphatic rings. The van der Waals surface area contributed by atoms with E-state index in [2.05, 4.69) is 5.16 Å². The number of carboxylic acid groups (broad SMARTS) is 1. The lowest BCUT2D eigenvalue weighted by molar-refractivity contribution is -0.137. The average molecular weight is 328 g/mol. The summed E-state index contributed by atoms with van der Waals surface area (Å²) in [5, 5.41) is 12.7. The number of carboxylic acids is 1. The Balaban J connectivity index is 1.66. The van der Waals surface area contributed by atoms with Crippen LogP contribution in [0.4, 0.5) is 0 Å². The van der Waals surface area contributed by atoms with E-state index in [9.17, 15) is 9.59 Å². The lowest BCUT2D eigenvalue weighted by atomic mass is 9.93. The predicted molar refractivity (Wildman–Crippen MR) is 87.4 cm³/mol. The molecule has 2 heterocycles. The zero-order valence-electron chi connectivity index (χ0n) is 13.4. The van der Waals surface area contributed by atoms with E-state index in [1.54, 1.807) is 11.0 Å². The summed E-state index contributed by atoms with van der Waals surface area (Å²) in [7, 11) is 0. The first kappa shape index (κ1) is 16.2. The molecule has 1 aliphatic heterocycles. The molecule has 126 valence electrons. The Morgan fingerprint density at radius 3 is 2.83 bits per heavy atom. The molecule has 1 atom stereocenters. The third kappa shape index (κ3) is 3.82. The van der Waals surface area contributed by atoms with Gasteiger partial charge in [-0.25, -0.2) is 0 Å². The van der Waals surface area contributed by atoms with Crippen molar-refractivity contribution in [3.05, 3.63) is 42.1 Å². The van der Waals surface area contributed by atoms with Gasteiger partial charge in [-0.15, -0.1) is 0 Å². The van der Waals surface area contributed by atoms with Crippen molar-refractivity contribution in [2.45, 2.75) is 25.7 Å².